The molecule has 1 aromatic rings. The molecule has 0 radical (unpaired) electrons. The summed E-state index contributed by atoms with van der Waals surface area (Å²) in [4.78, 5) is 2.50. The lowest BCUT2D eigenvalue weighted by molar-refractivity contribution is 0.165. The van der Waals surface area contributed by atoms with Gasteiger partial charge in [0.2, 0.25) is 0 Å². The van der Waals surface area contributed by atoms with Crippen LogP contribution in [0.25, 0.3) is 0 Å². The number of hydrogen-bond donors (Lipinski definition) is 1. The number of nitrogens with one attached hydrogen (secondary N) is 1. The molecule has 1 fully saturated rings. The molecule has 0 aliphatic carbocycles. The van der Waals surface area contributed by atoms with Crippen molar-refractivity contribution in [3.8, 4) is 0 Å². The van der Waals surface area contributed by atoms with Crippen molar-refractivity contribution >= 4 is 24.0 Å². The van der Waals surface area contributed by atoms with Crippen molar-refractivity contribution in [3.63, 3.8) is 0 Å². The highest BCUT2D eigenvalue weighted by atomic mass is 35.5. The van der Waals surface area contributed by atoms with E-state index < -0.39 is 0 Å². The fraction of sp³-hybridized carbons (Fsp3) is 0.429. The van der Waals surface area contributed by atoms with Crippen LogP contribution in [0.3, 0.4) is 0 Å². The topological polar surface area (TPSA) is 15.3 Å². The van der Waals surface area contributed by atoms with E-state index in [1.54, 1.807) is 0 Å². The molecule has 1 aromatic carbocycles. The van der Waals surface area contributed by atoms with Crippen molar-refractivity contribution in [1.82, 2.24) is 10.2 Å². The summed E-state index contributed by atoms with van der Waals surface area (Å²) in [5.74, 6) is 0. The highest BCUT2D eigenvalue weighted by Crippen LogP contribution is 2.24. The van der Waals surface area contributed by atoms with Crippen LogP contribution in [0.4, 0.5) is 0 Å². The van der Waals surface area contributed by atoms with Gasteiger partial charge in [0.25, 0.3) is 0 Å². The second kappa shape index (κ2) is 7.80. The molecule has 2 nitrogen and oxygen atoms in total. The molecule has 18 heavy (non-hydrogen) atoms. The van der Waals surface area contributed by atoms with E-state index in [0.717, 1.165) is 37.6 Å². The summed E-state index contributed by atoms with van der Waals surface area (Å²) in [6.45, 7) is 8.01. The van der Waals surface area contributed by atoms with Gasteiger partial charge in [-0.3, -0.25) is 4.90 Å². The molecule has 1 aliphatic rings. The molecule has 0 saturated carbocycles. The third-order valence-corrected chi connectivity index (χ3v) is 3.44. The molecule has 0 aromatic heterocycles. The Morgan fingerprint density at radius 3 is 3.06 bits per heavy atom. The quantitative estimate of drug-likeness (QED) is 0.855. The van der Waals surface area contributed by atoms with Gasteiger partial charge in [-0.2, -0.15) is 0 Å². The van der Waals surface area contributed by atoms with Gasteiger partial charge >= 0.3 is 0 Å². The van der Waals surface area contributed by atoms with Gasteiger partial charge in [-0.05, 0) is 24.1 Å². The number of nitrogens with zero attached hydrogens (tertiary/aromatic N) is 1. The summed E-state index contributed by atoms with van der Waals surface area (Å²) in [6.07, 6.45) is 3.02. The maximum absolute atomic E-state index is 6.06. The van der Waals surface area contributed by atoms with Crippen LogP contribution < -0.4 is 5.32 Å². The summed E-state index contributed by atoms with van der Waals surface area (Å²) < 4.78 is 0. The van der Waals surface area contributed by atoms with Gasteiger partial charge < -0.3 is 5.32 Å². The highest BCUT2D eigenvalue weighted by molar-refractivity contribution is 6.30. The highest BCUT2D eigenvalue weighted by Gasteiger charge is 2.22. The molecule has 1 saturated heterocycles. The maximum Gasteiger partial charge on any atom is 0.0473 e. The zero-order chi connectivity index (χ0) is 12.1. The monoisotopic (exact) mass is 286 g/mol. The average molecular weight is 287 g/mol. The fourth-order valence-corrected chi connectivity index (χ4v) is 2.51. The van der Waals surface area contributed by atoms with Gasteiger partial charge in [-0.25, -0.2) is 0 Å². The SMILES string of the molecule is C=CCCN1CCNCC1c1cccc(Cl)c1.Cl. The molecule has 0 bridgehead atoms. The van der Waals surface area contributed by atoms with Gasteiger partial charge in [0.15, 0.2) is 0 Å². The lowest BCUT2D eigenvalue weighted by Gasteiger charge is -2.36. The van der Waals surface area contributed by atoms with Gasteiger partial charge in [0, 0.05) is 37.2 Å². The van der Waals surface area contributed by atoms with Gasteiger partial charge in [-0.15, -0.1) is 19.0 Å². The molecule has 1 aliphatic heterocycles. The second-order valence-corrected chi connectivity index (χ2v) is 4.82. The number of benzene rings is 1. The summed E-state index contributed by atoms with van der Waals surface area (Å²) in [6, 6.07) is 8.61. The van der Waals surface area contributed by atoms with Gasteiger partial charge in [0.05, 0.1) is 0 Å². The van der Waals surface area contributed by atoms with Crippen molar-refractivity contribution in [2.75, 3.05) is 26.2 Å². The summed E-state index contributed by atoms with van der Waals surface area (Å²) in [5, 5.41) is 4.27. The van der Waals surface area contributed by atoms with E-state index in [4.69, 9.17) is 11.6 Å². The Morgan fingerprint density at radius 1 is 1.50 bits per heavy atom. The third-order valence-electron chi connectivity index (χ3n) is 3.21. The lowest BCUT2D eigenvalue weighted by Crippen LogP contribution is -2.46. The minimum atomic E-state index is 0. The van der Waals surface area contributed by atoms with E-state index in [1.807, 2.05) is 18.2 Å². The van der Waals surface area contributed by atoms with E-state index in [1.165, 1.54) is 5.56 Å². The van der Waals surface area contributed by atoms with Crippen molar-refractivity contribution in [1.29, 1.82) is 0 Å². The van der Waals surface area contributed by atoms with Crippen LogP contribution in [0, 0.1) is 0 Å². The summed E-state index contributed by atoms with van der Waals surface area (Å²) >= 11 is 6.06. The summed E-state index contributed by atoms with van der Waals surface area (Å²) in [7, 11) is 0. The predicted molar refractivity (Wildman–Crippen MR) is 80.7 cm³/mol. The molecule has 1 unspecified atom stereocenters. The van der Waals surface area contributed by atoms with Crippen molar-refractivity contribution in [2.45, 2.75) is 12.5 Å². The van der Waals surface area contributed by atoms with Crippen molar-refractivity contribution in [3.05, 3.63) is 47.5 Å². The number of rotatable bonds is 4. The number of piperazine rings is 1. The maximum atomic E-state index is 6.06. The standard InChI is InChI=1S/C14H19ClN2.ClH/c1-2-3-8-17-9-7-16-11-14(17)12-5-4-6-13(15)10-12;/h2,4-6,10,14,16H,1,3,7-9,11H2;1H. The van der Waals surface area contributed by atoms with Crippen LogP contribution in [0.5, 0.6) is 0 Å². The minimum Gasteiger partial charge on any atom is -0.314 e. The minimum absolute atomic E-state index is 0. The first-order valence-electron chi connectivity index (χ1n) is 6.12. The zero-order valence-electron chi connectivity index (χ0n) is 10.4. The van der Waals surface area contributed by atoms with E-state index in [9.17, 15) is 0 Å². The Morgan fingerprint density at radius 2 is 2.33 bits per heavy atom. The normalized spacial score (nSPS) is 20.2. The summed E-state index contributed by atoms with van der Waals surface area (Å²) in [5.41, 5.74) is 1.30. The van der Waals surface area contributed by atoms with E-state index >= 15 is 0 Å². The Labute approximate surface area is 120 Å². The third kappa shape index (κ3) is 3.99. The first-order valence-corrected chi connectivity index (χ1v) is 6.50. The molecule has 2 rings (SSSR count). The van der Waals surface area contributed by atoms with Gasteiger partial charge in [-0.1, -0.05) is 29.8 Å². The van der Waals surface area contributed by atoms with Crippen LogP contribution in [-0.4, -0.2) is 31.1 Å². The molecular weight excluding hydrogens is 267 g/mol. The predicted octanol–water partition coefficient (Wildman–Crippen LogP) is 3.28. The smallest absolute Gasteiger partial charge is 0.0473 e. The first-order chi connectivity index (χ1) is 8.31. The van der Waals surface area contributed by atoms with Crippen molar-refractivity contribution < 1.29 is 0 Å². The Bertz CT molecular complexity index is 382. The van der Waals surface area contributed by atoms with Crippen LogP contribution in [0.1, 0.15) is 18.0 Å². The van der Waals surface area contributed by atoms with Crippen LogP contribution in [-0.2, 0) is 0 Å². The molecule has 4 heteroatoms. The van der Waals surface area contributed by atoms with E-state index in [-0.39, 0.29) is 12.4 Å². The molecule has 0 amide bonds. The van der Waals surface area contributed by atoms with Crippen LogP contribution in [0.2, 0.25) is 5.02 Å². The largest absolute Gasteiger partial charge is 0.314 e. The molecule has 1 N–H and O–H groups in total. The van der Waals surface area contributed by atoms with E-state index in [0.29, 0.717) is 6.04 Å². The zero-order valence-corrected chi connectivity index (χ0v) is 12.0. The van der Waals surface area contributed by atoms with Gasteiger partial charge in [0.1, 0.15) is 0 Å². The number of hydrogen-bond acceptors (Lipinski definition) is 2. The van der Waals surface area contributed by atoms with Crippen LogP contribution in [0.15, 0.2) is 36.9 Å². The molecule has 100 valence electrons. The van der Waals surface area contributed by atoms with Crippen molar-refractivity contribution in [2.24, 2.45) is 0 Å². The molecule has 1 atom stereocenters. The molecular formula is C14H20Cl2N2. The van der Waals surface area contributed by atoms with Crippen LogP contribution >= 0.6 is 24.0 Å². The Hall–Kier alpha value is -0.540. The Balaban J connectivity index is 0.00000162. The average Bonchev–Trinajstić information content (AvgIpc) is 2.37. The lowest BCUT2D eigenvalue weighted by atomic mass is 10.0. The number of halogens is 2. The fourth-order valence-electron chi connectivity index (χ4n) is 2.31. The Kier molecular flexibility index (Phi) is 6.72. The first kappa shape index (κ1) is 15.5. The van der Waals surface area contributed by atoms with E-state index in [2.05, 4.69) is 28.9 Å². The second-order valence-electron chi connectivity index (χ2n) is 4.39. The molecule has 0 spiro atoms. The molecule has 1 heterocycles.